The fraction of sp³-hybridized carbons (Fsp3) is 0.478. The van der Waals surface area contributed by atoms with Gasteiger partial charge in [0.1, 0.15) is 11.9 Å². The highest BCUT2D eigenvalue weighted by molar-refractivity contribution is 5.70. The monoisotopic (exact) mass is 453 g/mol. The molecule has 1 fully saturated rings. The number of benzene rings is 1. The number of aromatic nitrogens is 4. The zero-order valence-electron chi connectivity index (χ0n) is 19.3. The Morgan fingerprint density at radius 1 is 1.30 bits per heavy atom. The van der Waals surface area contributed by atoms with Crippen molar-refractivity contribution in [3.05, 3.63) is 41.6 Å². The van der Waals surface area contributed by atoms with E-state index < -0.39 is 6.09 Å². The minimum absolute atomic E-state index is 0.0330. The summed E-state index contributed by atoms with van der Waals surface area (Å²) in [7, 11) is 0. The van der Waals surface area contributed by atoms with E-state index in [-0.39, 0.29) is 12.0 Å². The second-order valence-electron chi connectivity index (χ2n) is 8.29. The topological polar surface area (TPSA) is 115 Å². The van der Waals surface area contributed by atoms with Crippen LogP contribution in [0.1, 0.15) is 50.7 Å². The summed E-state index contributed by atoms with van der Waals surface area (Å²) in [5.41, 5.74) is 2.55. The molecule has 4 rings (SSSR count). The molecule has 3 heterocycles. The van der Waals surface area contributed by atoms with Gasteiger partial charge in [-0.1, -0.05) is 32.0 Å². The van der Waals surface area contributed by atoms with Crippen molar-refractivity contribution in [1.29, 1.82) is 0 Å². The van der Waals surface area contributed by atoms with Crippen LogP contribution in [0.4, 0.5) is 10.7 Å². The van der Waals surface area contributed by atoms with Gasteiger partial charge in [-0.3, -0.25) is 0 Å². The number of nitrogens with one attached hydrogen (secondary N) is 3. The van der Waals surface area contributed by atoms with E-state index in [0.29, 0.717) is 36.4 Å². The molecule has 1 saturated heterocycles. The van der Waals surface area contributed by atoms with Crippen LogP contribution >= 0.6 is 0 Å². The molecule has 33 heavy (non-hydrogen) atoms. The molecule has 1 aliphatic rings. The number of hydrogen-bond acceptors (Lipinski definition) is 8. The number of anilines is 1. The molecule has 0 bridgehead atoms. The third-order valence-corrected chi connectivity index (χ3v) is 5.45. The summed E-state index contributed by atoms with van der Waals surface area (Å²) in [6.07, 6.45) is 3.39. The summed E-state index contributed by atoms with van der Waals surface area (Å²) >= 11 is 0. The van der Waals surface area contributed by atoms with Crippen LogP contribution in [0.15, 0.2) is 30.5 Å². The predicted octanol–water partition coefficient (Wildman–Crippen LogP) is 3.10. The summed E-state index contributed by atoms with van der Waals surface area (Å²) in [6, 6.07) is 7.71. The molecule has 176 valence electrons. The van der Waals surface area contributed by atoms with Crippen LogP contribution in [-0.2, 0) is 6.54 Å². The van der Waals surface area contributed by atoms with Gasteiger partial charge in [0.2, 0.25) is 5.95 Å². The van der Waals surface area contributed by atoms with E-state index in [1.165, 1.54) is 0 Å². The molecule has 3 N–H and O–H groups in total. The predicted molar refractivity (Wildman–Crippen MR) is 125 cm³/mol. The van der Waals surface area contributed by atoms with Crippen LogP contribution in [0.5, 0.6) is 11.8 Å². The van der Waals surface area contributed by atoms with E-state index in [4.69, 9.17) is 9.47 Å². The van der Waals surface area contributed by atoms with E-state index >= 15 is 0 Å². The third-order valence-electron chi connectivity index (χ3n) is 5.45. The summed E-state index contributed by atoms with van der Waals surface area (Å²) < 4.78 is 13.3. The number of carbonyl (C=O) groups excluding carboxylic acids is 1. The van der Waals surface area contributed by atoms with Gasteiger partial charge in [0.15, 0.2) is 5.65 Å². The van der Waals surface area contributed by atoms with E-state index in [9.17, 15) is 4.79 Å². The Morgan fingerprint density at radius 2 is 2.15 bits per heavy atom. The Morgan fingerprint density at radius 3 is 2.91 bits per heavy atom. The van der Waals surface area contributed by atoms with Crippen LogP contribution in [-0.4, -0.2) is 51.4 Å². The quantitative estimate of drug-likeness (QED) is 0.477. The minimum Gasteiger partial charge on any atom is -0.459 e. The number of fused-ring (bicyclic) bond motifs is 1. The van der Waals surface area contributed by atoms with Gasteiger partial charge in [0, 0.05) is 30.8 Å². The average molecular weight is 454 g/mol. The first-order chi connectivity index (χ1) is 16.0. The van der Waals surface area contributed by atoms with Crippen LogP contribution in [0.25, 0.3) is 5.65 Å². The second-order valence-corrected chi connectivity index (χ2v) is 8.29. The van der Waals surface area contributed by atoms with Gasteiger partial charge in [-0.2, -0.15) is 19.6 Å². The van der Waals surface area contributed by atoms with Crippen molar-refractivity contribution in [1.82, 2.24) is 30.2 Å². The van der Waals surface area contributed by atoms with Crippen molar-refractivity contribution >= 4 is 17.7 Å². The van der Waals surface area contributed by atoms with Crippen LogP contribution in [0, 0.1) is 0 Å². The lowest BCUT2D eigenvalue weighted by Gasteiger charge is -2.23. The van der Waals surface area contributed by atoms with Gasteiger partial charge in [-0.05, 0) is 38.3 Å². The molecule has 0 spiro atoms. The molecule has 0 aliphatic carbocycles. The van der Waals surface area contributed by atoms with Crippen molar-refractivity contribution in [2.45, 2.75) is 52.2 Å². The lowest BCUT2D eigenvalue weighted by molar-refractivity contribution is 0.153. The smallest absolute Gasteiger partial charge is 0.412 e. The number of amides is 1. The molecular weight excluding hydrogens is 422 g/mol. The van der Waals surface area contributed by atoms with E-state index in [1.54, 1.807) is 10.6 Å². The fourth-order valence-corrected chi connectivity index (χ4v) is 3.72. The highest BCUT2D eigenvalue weighted by Gasteiger charge is 2.20. The van der Waals surface area contributed by atoms with Gasteiger partial charge in [-0.15, -0.1) is 0 Å². The first-order valence-electron chi connectivity index (χ1n) is 11.5. The number of nitrogens with zero attached hydrogens (tertiary/aromatic N) is 4. The maximum atomic E-state index is 11.9. The Balaban J connectivity index is 1.60. The number of ether oxygens (including phenoxy) is 2. The van der Waals surface area contributed by atoms with Crippen molar-refractivity contribution in [3.8, 4) is 11.8 Å². The van der Waals surface area contributed by atoms with Crippen LogP contribution in [0.2, 0.25) is 0 Å². The molecule has 1 atom stereocenters. The molecule has 10 heteroatoms. The van der Waals surface area contributed by atoms with Crippen LogP contribution < -0.4 is 25.4 Å². The van der Waals surface area contributed by atoms with Gasteiger partial charge < -0.3 is 25.4 Å². The highest BCUT2D eigenvalue weighted by Crippen LogP contribution is 2.25. The third kappa shape index (κ3) is 5.51. The molecule has 10 nitrogen and oxygen atoms in total. The SMILES string of the molecule is CCNC(=O)Oc1ccccc1CNc1nc(O[C@@H]2CCCNC2)nc2c(C(C)C)cnn12. The van der Waals surface area contributed by atoms with Gasteiger partial charge in [-0.25, -0.2) is 4.79 Å². The van der Waals surface area contributed by atoms with Crippen molar-refractivity contribution in [2.24, 2.45) is 0 Å². The maximum absolute atomic E-state index is 11.9. The normalized spacial score (nSPS) is 16.1. The minimum atomic E-state index is -0.486. The van der Waals surface area contributed by atoms with Gasteiger partial charge in [0.25, 0.3) is 0 Å². The summed E-state index contributed by atoms with van der Waals surface area (Å²) in [6.45, 7) is 8.70. The standard InChI is InChI=1S/C23H31N7O3/c1-4-25-23(31)33-19-10-6-5-8-16(19)12-26-21-29-22(32-17-9-7-11-24-13-17)28-20-18(15(2)3)14-27-30(20)21/h5-6,8,10,14-15,17,24H,4,7,9,11-13H2,1-3H3,(H,25,31)(H,26,28,29)/t17-/m1/s1. The van der Waals surface area contributed by atoms with Crippen LogP contribution in [0.3, 0.4) is 0 Å². The second kappa shape index (κ2) is 10.5. The molecule has 0 unspecified atom stereocenters. The lowest BCUT2D eigenvalue weighted by atomic mass is 10.1. The van der Waals surface area contributed by atoms with Gasteiger partial charge in [0.05, 0.1) is 6.20 Å². The lowest BCUT2D eigenvalue weighted by Crippen LogP contribution is -2.37. The Labute approximate surface area is 193 Å². The largest absolute Gasteiger partial charge is 0.459 e. The Kier molecular flexibility index (Phi) is 7.23. The van der Waals surface area contributed by atoms with E-state index in [2.05, 4.69) is 44.9 Å². The average Bonchev–Trinajstić information content (AvgIpc) is 3.24. The number of para-hydroxylation sites is 1. The number of carbonyl (C=O) groups is 1. The Bertz CT molecular complexity index is 1090. The highest BCUT2D eigenvalue weighted by atomic mass is 16.6. The van der Waals surface area contributed by atoms with Crippen molar-refractivity contribution in [3.63, 3.8) is 0 Å². The van der Waals surface area contributed by atoms with E-state index in [0.717, 1.165) is 37.1 Å². The van der Waals surface area contributed by atoms with E-state index in [1.807, 2.05) is 31.3 Å². The first-order valence-corrected chi connectivity index (χ1v) is 11.5. The summed E-state index contributed by atoms with van der Waals surface area (Å²) in [5, 5.41) is 13.8. The molecule has 3 aromatic rings. The molecular formula is C23H31N7O3. The maximum Gasteiger partial charge on any atom is 0.412 e. The zero-order valence-corrected chi connectivity index (χ0v) is 19.3. The molecule has 1 aliphatic heterocycles. The fourth-order valence-electron chi connectivity index (χ4n) is 3.72. The Hall–Kier alpha value is -3.40. The van der Waals surface area contributed by atoms with Gasteiger partial charge >= 0.3 is 12.1 Å². The number of piperidine rings is 1. The zero-order chi connectivity index (χ0) is 23.2. The molecule has 0 radical (unpaired) electrons. The molecule has 1 amide bonds. The van der Waals surface area contributed by atoms with Crippen molar-refractivity contribution in [2.75, 3.05) is 25.0 Å². The number of rotatable bonds is 8. The molecule has 1 aromatic carbocycles. The summed E-state index contributed by atoms with van der Waals surface area (Å²) in [5.74, 6) is 1.24. The molecule has 2 aromatic heterocycles. The number of hydrogen-bond donors (Lipinski definition) is 3. The molecule has 0 saturated carbocycles. The first kappa shape index (κ1) is 22.8. The summed E-state index contributed by atoms with van der Waals surface area (Å²) in [4.78, 5) is 21.2. The van der Waals surface area contributed by atoms with Crippen molar-refractivity contribution < 1.29 is 14.3 Å².